The van der Waals surface area contributed by atoms with Gasteiger partial charge < -0.3 is 14.8 Å². The number of hydrogen-bond acceptors (Lipinski definition) is 3. The number of methoxy groups -OCH3 is 1. The molecule has 1 aromatic rings. The number of nitrogens with one attached hydrogen (secondary N) is 1. The normalized spacial score (nSPS) is 17.1. The van der Waals surface area contributed by atoms with Gasteiger partial charge in [-0.2, -0.15) is 0 Å². The van der Waals surface area contributed by atoms with Gasteiger partial charge in [-0.05, 0) is 44.1 Å². The molecule has 1 fully saturated rings. The summed E-state index contributed by atoms with van der Waals surface area (Å²) >= 11 is 3.47. The van der Waals surface area contributed by atoms with Crippen molar-refractivity contribution in [3.63, 3.8) is 0 Å². The SMILES string of the molecule is COc1ccc(Br)cc1COC1CCNCC1. The van der Waals surface area contributed by atoms with Crippen LogP contribution in [0.4, 0.5) is 0 Å². The Labute approximate surface area is 111 Å². The second-order valence-electron chi connectivity index (χ2n) is 4.22. The predicted molar refractivity (Wildman–Crippen MR) is 71.4 cm³/mol. The maximum absolute atomic E-state index is 5.93. The molecule has 1 saturated heterocycles. The smallest absolute Gasteiger partial charge is 0.124 e. The topological polar surface area (TPSA) is 30.5 Å². The van der Waals surface area contributed by atoms with E-state index < -0.39 is 0 Å². The van der Waals surface area contributed by atoms with Crippen LogP contribution in [0.15, 0.2) is 22.7 Å². The van der Waals surface area contributed by atoms with E-state index in [0.29, 0.717) is 12.7 Å². The average molecular weight is 300 g/mol. The summed E-state index contributed by atoms with van der Waals surface area (Å²) in [6.07, 6.45) is 2.56. The molecule has 0 radical (unpaired) electrons. The maximum Gasteiger partial charge on any atom is 0.124 e. The Hall–Kier alpha value is -0.580. The van der Waals surface area contributed by atoms with E-state index in [9.17, 15) is 0 Å². The molecular weight excluding hydrogens is 282 g/mol. The highest BCUT2D eigenvalue weighted by Gasteiger charge is 2.14. The molecule has 17 heavy (non-hydrogen) atoms. The first-order valence-corrected chi connectivity index (χ1v) is 6.73. The fraction of sp³-hybridized carbons (Fsp3) is 0.538. The maximum atomic E-state index is 5.93. The lowest BCUT2D eigenvalue weighted by Gasteiger charge is -2.23. The molecule has 3 nitrogen and oxygen atoms in total. The number of benzene rings is 1. The molecule has 0 amide bonds. The monoisotopic (exact) mass is 299 g/mol. The van der Waals surface area contributed by atoms with Crippen molar-refractivity contribution in [2.45, 2.75) is 25.6 Å². The number of rotatable bonds is 4. The summed E-state index contributed by atoms with van der Waals surface area (Å²) in [5.74, 6) is 0.891. The summed E-state index contributed by atoms with van der Waals surface area (Å²) in [5, 5.41) is 3.33. The molecule has 0 unspecified atom stereocenters. The Morgan fingerprint density at radius 1 is 1.35 bits per heavy atom. The van der Waals surface area contributed by atoms with Crippen LogP contribution < -0.4 is 10.1 Å². The van der Waals surface area contributed by atoms with Crippen LogP contribution in [0.3, 0.4) is 0 Å². The van der Waals surface area contributed by atoms with E-state index >= 15 is 0 Å². The van der Waals surface area contributed by atoms with Crippen molar-refractivity contribution >= 4 is 15.9 Å². The second-order valence-corrected chi connectivity index (χ2v) is 5.13. The molecule has 0 aromatic heterocycles. The van der Waals surface area contributed by atoms with Crippen LogP contribution >= 0.6 is 15.9 Å². The zero-order valence-corrected chi connectivity index (χ0v) is 11.6. The van der Waals surface area contributed by atoms with E-state index in [2.05, 4.69) is 27.3 Å². The molecule has 4 heteroatoms. The largest absolute Gasteiger partial charge is 0.496 e. The third-order valence-corrected chi connectivity index (χ3v) is 3.50. The predicted octanol–water partition coefficient (Wildman–Crippen LogP) is 2.73. The van der Waals surface area contributed by atoms with Crippen LogP contribution in [0.25, 0.3) is 0 Å². The third-order valence-electron chi connectivity index (χ3n) is 3.00. The lowest BCUT2D eigenvalue weighted by atomic mass is 10.1. The van der Waals surface area contributed by atoms with Crippen molar-refractivity contribution in [1.82, 2.24) is 5.32 Å². The lowest BCUT2D eigenvalue weighted by molar-refractivity contribution is 0.0203. The Morgan fingerprint density at radius 3 is 2.82 bits per heavy atom. The van der Waals surface area contributed by atoms with Crippen LogP contribution in [0, 0.1) is 0 Å². The summed E-state index contributed by atoms with van der Waals surface area (Å²) in [6, 6.07) is 6.00. The molecule has 1 aliphatic heterocycles. The molecule has 94 valence electrons. The second kappa shape index (κ2) is 6.38. The molecule has 0 atom stereocenters. The Bertz CT molecular complexity index is 364. The van der Waals surface area contributed by atoms with E-state index in [0.717, 1.165) is 41.7 Å². The number of piperidine rings is 1. The standard InChI is InChI=1S/C13H18BrNO2/c1-16-13-3-2-11(14)8-10(13)9-17-12-4-6-15-7-5-12/h2-3,8,12,15H,4-7,9H2,1H3. The summed E-state index contributed by atoms with van der Waals surface area (Å²) in [6.45, 7) is 2.73. The van der Waals surface area contributed by atoms with Gasteiger partial charge in [0.25, 0.3) is 0 Å². The summed E-state index contributed by atoms with van der Waals surface area (Å²) in [7, 11) is 1.69. The first-order valence-electron chi connectivity index (χ1n) is 5.94. The molecule has 1 N–H and O–H groups in total. The van der Waals surface area contributed by atoms with Crippen molar-refractivity contribution in [3.8, 4) is 5.75 Å². The highest BCUT2D eigenvalue weighted by Crippen LogP contribution is 2.24. The van der Waals surface area contributed by atoms with Gasteiger partial charge in [-0.1, -0.05) is 15.9 Å². The van der Waals surface area contributed by atoms with Gasteiger partial charge in [0.1, 0.15) is 5.75 Å². The zero-order chi connectivity index (χ0) is 12.1. The average Bonchev–Trinajstić information content (AvgIpc) is 2.38. The van der Waals surface area contributed by atoms with Gasteiger partial charge in [0.15, 0.2) is 0 Å². The fourth-order valence-electron chi connectivity index (χ4n) is 2.03. The van der Waals surface area contributed by atoms with Gasteiger partial charge in [-0.25, -0.2) is 0 Å². The minimum atomic E-state index is 0.375. The van der Waals surface area contributed by atoms with Gasteiger partial charge in [0, 0.05) is 10.0 Å². The molecule has 1 heterocycles. The van der Waals surface area contributed by atoms with Crippen molar-refractivity contribution < 1.29 is 9.47 Å². The Morgan fingerprint density at radius 2 is 2.12 bits per heavy atom. The van der Waals surface area contributed by atoms with Crippen molar-refractivity contribution in [2.24, 2.45) is 0 Å². The first-order chi connectivity index (χ1) is 8.29. The molecule has 1 aromatic carbocycles. The van der Waals surface area contributed by atoms with E-state index in [-0.39, 0.29) is 0 Å². The van der Waals surface area contributed by atoms with Crippen LogP contribution in [0.5, 0.6) is 5.75 Å². The number of hydrogen-bond donors (Lipinski definition) is 1. The molecule has 1 aliphatic rings. The third kappa shape index (κ3) is 3.69. The van der Waals surface area contributed by atoms with Crippen LogP contribution in [0.1, 0.15) is 18.4 Å². The van der Waals surface area contributed by atoms with E-state index in [1.807, 2.05) is 12.1 Å². The fourth-order valence-corrected chi connectivity index (χ4v) is 2.44. The Balaban J connectivity index is 1.95. The Kier molecular flexibility index (Phi) is 4.83. The molecular formula is C13H18BrNO2. The van der Waals surface area contributed by atoms with Crippen molar-refractivity contribution in [2.75, 3.05) is 20.2 Å². The summed E-state index contributed by atoms with van der Waals surface area (Å²) in [5.41, 5.74) is 1.10. The van der Waals surface area contributed by atoms with Crippen LogP contribution in [-0.2, 0) is 11.3 Å². The first kappa shape index (κ1) is 12.9. The highest BCUT2D eigenvalue weighted by molar-refractivity contribution is 9.10. The summed E-state index contributed by atoms with van der Waals surface area (Å²) in [4.78, 5) is 0. The zero-order valence-electron chi connectivity index (χ0n) is 10.0. The van der Waals surface area contributed by atoms with Crippen LogP contribution in [-0.4, -0.2) is 26.3 Å². The van der Waals surface area contributed by atoms with Gasteiger partial charge in [-0.3, -0.25) is 0 Å². The van der Waals surface area contributed by atoms with Crippen LogP contribution in [0.2, 0.25) is 0 Å². The van der Waals surface area contributed by atoms with Crippen molar-refractivity contribution in [1.29, 1.82) is 0 Å². The van der Waals surface area contributed by atoms with E-state index in [1.165, 1.54) is 0 Å². The minimum absolute atomic E-state index is 0.375. The highest BCUT2D eigenvalue weighted by atomic mass is 79.9. The van der Waals surface area contributed by atoms with E-state index in [4.69, 9.17) is 9.47 Å². The van der Waals surface area contributed by atoms with E-state index in [1.54, 1.807) is 7.11 Å². The van der Waals surface area contributed by atoms with Gasteiger partial charge in [0.05, 0.1) is 19.8 Å². The molecule has 2 rings (SSSR count). The lowest BCUT2D eigenvalue weighted by Crippen LogP contribution is -2.32. The number of ether oxygens (including phenoxy) is 2. The van der Waals surface area contributed by atoms with Gasteiger partial charge >= 0.3 is 0 Å². The molecule has 0 spiro atoms. The molecule has 0 saturated carbocycles. The number of halogens is 1. The van der Waals surface area contributed by atoms with Gasteiger partial charge in [0.2, 0.25) is 0 Å². The van der Waals surface area contributed by atoms with Gasteiger partial charge in [-0.15, -0.1) is 0 Å². The molecule has 0 bridgehead atoms. The quantitative estimate of drug-likeness (QED) is 0.927. The molecule has 0 aliphatic carbocycles. The summed E-state index contributed by atoms with van der Waals surface area (Å²) < 4.78 is 12.3. The van der Waals surface area contributed by atoms with Crippen molar-refractivity contribution in [3.05, 3.63) is 28.2 Å². The minimum Gasteiger partial charge on any atom is -0.496 e.